The van der Waals surface area contributed by atoms with Gasteiger partial charge in [-0.2, -0.15) is 0 Å². The van der Waals surface area contributed by atoms with Crippen molar-refractivity contribution < 1.29 is 8.42 Å². The van der Waals surface area contributed by atoms with Crippen molar-refractivity contribution in [3.05, 3.63) is 52.6 Å². The minimum absolute atomic E-state index is 0.00944. The third-order valence-electron chi connectivity index (χ3n) is 5.62. The van der Waals surface area contributed by atoms with Crippen LogP contribution in [0.1, 0.15) is 55.9 Å². The lowest BCUT2D eigenvalue weighted by Crippen LogP contribution is -2.22. The molecule has 0 aliphatic carbocycles. The van der Waals surface area contributed by atoms with Crippen LogP contribution in [0.5, 0.6) is 0 Å². The molecule has 1 fully saturated rings. The van der Waals surface area contributed by atoms with Gasteiger partial charge < -0.3 is 4.90 Å². The van der Waals surface area contributed by atoms with Crippen LogP contribution in [0.15, 0.2) is 35.2 Å². The topological polar surface area (TPSA) is 49.4 Å². The molecule has 0 radical (unpaired) electrons. The SMILES string of the molecule is Cc1cc(C)c(N2CCCC2)c(C)c1NS(=O)(=O)c1ccc(C(C)(C)C)cc1. The summed E-state index contributed by atoms with van der Waals surface area (Å²) >= 11 is 0. The third kappa shape index (κ3) is 4.04. The number of rotatable bonds is 4. The van der Waals surface area contributed by atoms with Gasteiger partial charge in [-0.15, -0.1) is 0 Å². The molecule has 28 heavy (non-hydrogen) atoms. The molecule has 0 atom stereocenters. The molecule has 0 amide bonds. The first-order valence-electron chi connectivity index (χ1n) is 10.00. The number of hydrogen-bond acceptors (Lipinski definition) is 3. The van der Waals surface area contributed by atoms with E-state index in [2.05, 4.69) is 43.4 Å². The smallest absolute Gasteiger partial charge is 0.261 e. The highest BCUT2D eigenvalue weighted by atomic mass is 32.2. The Kier molecular flexibility index (Phi) is 5.50. The van der Waals surface area contributed by atoms with Gasteiger partial charge in [0.2, 0.25) is 0 Å². The number of nitrogens with one attached hydrogen (secondary N) is 1. The zero-order valence-corrected chi connectivity index (χ0v) is 18.7. The van der Waals surface area contributed by atoms with E-state index < -0.39 is 10.0 Å². The Morgan fingerprint density at radius 2 is 1.50 bits per heavy atom. The van der Waals surface area contributed by atoms with Crippen LogP contribution in [0.2, 0.25) is 0 Å². The van der Waals surface area contributed by atoms with E-state index in [0.29, 0.717) is 10.6 Å². The maximum absolute atomic E-state index is 13.1. The summed E-state index contributed by atoms with van der Waals surface area (Å²) in [6.45, 7) is 14.5. The minimum Gasteiger partial charge on any atom is -0.371 e. The van der Waals surface area contributed by atoms with Gasteiger partial charge in [0.15, 0.2) is 0 Å². The van der Waals surface area contributed by atoms with Gasteiger partial charge in [0.25, 0.3) is 10.0 Å². The van der Waals surface area contributed by atoms with Crippen LogP contribution < -0.4 is 9.62 Å². The quantitative estimate of drug-likeness (QED) is 0.756. The summed E-state index contributed by atoms with van der Waals surface area (Å²) in [4.78, 5) is 2.67. The average Bonchev–Trinajstić information content (AvgIpc) is 3.12. The molecule has 1 heterocycles. The first kappa shape index (κ1) is 20.7. The molecule has 1 saturated heterocycles. The third-order valence-corrected chi connectivity index (χ3v) is 6.99. The van der Waals surface area contributed by atoms with Crippen molar-refractivity contribution in [3.8, 4) is 0 Å². The van der Waals surface area contributed by atoms with E-state index >= 15 is 0 Å². The van der Waals surface area contributed by atoms with Crippen molar-refractivity contribution in [1.82, 2.24) is 0 Å². The Hall–Kier alpha value is -2.01. The molecule has 1 aliphatic heterocycles. The molecule has 0 bridgehead atoms. The molecule has 2 aromatic rings. The maximum atomic E-state index is 13.1. The second-order valence-electron chi connectivity index (χ2n) is 8.93. The van der Waals surface area contributed by atoms with Crippen molar-refractivity contribution in [2.24, 2.45) is 0 Å². The number of anilines is 2. The molecule has 4 nitrogen and oxygen atoms in total. The molecule has 0 spiro atoms. The largest absolute Gasteiger partial charge is 0.371 e. The van der Waals surface area contributed by atoms with E-state index in [1.165, 1.54) is 24.1 Å². The summed E-state index contributed by atoms with van der Waals surface area (Å²) in [6, 6.07) is 9.28. The van der Waals surface area contributed by atoms with Crippen molar-refractivity contribution in [3.63, 3.8) is 0 Å². The molecule has 3 rings (SSSR count). The van der Waals surface area contributed by atoms with Crippen molar-refractivity contribution in [2.75, 3.05) is 22.7 Å². The molecule has 1 N–H and O–H groups in total. The van der Waals surface area contributed by atoms with Crippen LogP contribution in [0.25, 0.3) is 0 Å². The standard InChI is InChI=1S/C23H32N2O2S/c1-16-15-17(2)22(25-13-7-8-14-25)18(3)21(16)24-28(26,27)20-11-9-19(10-12-20)23(4,5)6/h9-12,15,24H,7-8,13-14H2,1-6H3. The van der Waals surface area contributed by atoms with Gasteiger partial charge in [0.1, 0.15) is 0 Å². The first-order valence-corrected chi connectivity index (χ1v) is 11.5. The molecule has 5 heteroatoms. The lowest BCUT2D eigenvalue weighted by atomic mass is 9.87. The van der Waals surface area contributed by atoms with Gasteiger partial charge in [-0.1, -0.05) is 39.0 Å². The summed E-state index contributed by atoms with van der Waals surface area (Å²) in [5.74, 6) is 0. The van der Waals surface area contributed by atoms with Gasteiger partial charge in [0.05, 0.1) is 10.6 Å². The summed E-state index contributed by atoms with van der Waals surface area (Å²) in [5, 5.41) is 0. The summed E-state index contributed by atoms with van der Waals surface area (Å²) < 4.78 is 29.0. The molecule has 0 unspecified atom stereocenters. The number of hydrogen-bond donors (Lipinski definition) is 1. The second-order valence-corrected chi connectivity index (χ2v) is 10.6. The number of benzene rings is 2. The van der Waals surface area contributed by atoms with Crippen LogP contribution in [0.4, 0.5) is 11.4 Å². The average molecular weight is 401 g/mol. The lowest BCUT2D eigenvalue weighted by Gasteiger charge is -2.26. The van der Waals surface area contributed by atoms with Crippen LogP contribution >= 0.6 is 0 Å². The lowest BCUT2D eigenvalue weighted by molar-refractivity contribution is 0.587. The van der Waals surface area contributed by atoms with Gasteiger partial charge >= 0.3 is 0 Å². The van der Waals surface area contributed by atoms with Crippen LogP contribution in [0, 0.1) is 20.8 Å². The van der Waals surface area contributed by atoms with Crippen LogP contribution in [0.3, 0.4) is 0 Å². The zero-order valence-electron chi connectivity index (χ0n) is 17.9. The Balaban J connectivity index is 1.97. The highest BCUT2D eigenvalue weighted by molar-refractivity contribution is 7.92. The number of sulfonamides is 1. The van der Waals surface area contributed by atoms with Gasteiger partial charge in [0, 0.05) is 18.8 Å². The Bertz CT molecular complexity index is 965. The summed E-state index contributed by atoms with van der Waals surface area (Å²) in [6.07, 6.45) is 2.38. The van der Waals surface area contributed by atoms with Gasteiger partial charge in [-0.3, -0.25) is 4.72 Å². The molecular formula is C23H32N2O2S. The van der Waals surface area contributed by atoms with E-state index in [4.69, 9.17) is 0 Å². The first-order chi connectivity index (χ1) is 13.0. The Morgan fingerprint density at radius 3 is 2.04 bits per heavy atom. The van der Waals surface area contributed by atoms with Crippen LogP contribution in [-0.2, 0) is 15.4 Å². The predicted molar refractivity (Wildman–Crippen MR) is 118 cm³/mol. The molecular weight excluding hydrogens is 368 g/mol. The van der Waals surface area contributed by atoms with Gasteiger partial charge in [-0.25, -0.2) is 8.42 Å². The van der Waals surface area contributed by atoms with Crippen molar-refractivity contribution in [1.29, 1.82) is 0 Å². The molecule has 0 saturated carbocycles. The Labute approximate surface area is 170 Å². The van der Waals surface area contributed by atoms with Crippen molar-refractivity contribution >= 4 is 21.4 Å². The van der Waals surface area contributed by atoms with E-state index in [9.17, 15) is 8.42 Å². The number of aryl methyl sites for hydroxylation is 2. The highest BCUT2D eigenvalue weighted by Crippen LogP contribution is 2.36. The maximum Gasteiger partial charge on any atom is 0.261 e. The normalized spacial score (nSPS) is 15.1. The fourth-order valence-electron chi connectivity index (χ4n) is 4.09. The van der Waals surface area contributed by atoms with Gasteiger partial charge in [-0.05, 0) is 73.4 Å². The zero-order chi connectivity index (χ0) is 20.7. The second kappa shape index (κ2) is 7.43. The minimum atomic E-state index is -3.64. The fraction of sp³-hybridized carbons (Fsp3) is 0.478. The van der Waals surface area contributed by atoms with E-state index in [-0.39, 0.29) is 5.41 Å². The number of nitrogens with zero attached hydrogens (tertiary/aromatic N) is 1. The molecule has 152 valence electrons. The van der Waals surface area contributed by atoms with E-state index in [0.717, 1.165) is 29.8 Å². The predicted octanol–water partition coefficient (Wildman–Crippen LogP) is 5.31. The monoisotopic (exact) mass is 400 g/mol. The summed E-state index contributed by atoms with van der Waals surface area (Å²) in [5.41, 5.74) is 6.14. The molecule has 0 aromatic heterocycles. The Morgan fingerprint density at radius 1 is 0.929 bits per heavy atom. The molecule has 2 aromatic carbocycles. The van der Waals surface area contributed by atoms with Crippen LogP contribution in [-0.4, -0.2) is 21.5 Å². The van der Waals surface area contributed by atoms with Crippen molar-refractivity contribution in [2.45, 2.75) is 64.7 Å². The van der Waals surface area contributed by atoms with E-state index in [1.54, 1.807) is 12.1 Å². The fourth-order valence-corrected chi connectivity index (χ4v) is 5.28. The van der Waals surface area contributed by atoms with E-state index in [1.807, 2.05) is 26.0 Å². The highest BCUT2D eigenvalue weighted by Gasteiger charge is 2.23. The molecule has 1 aliphatic rings. The summed E-state index contributed by atoms with van der Waals surface area (Å²) in [7, 11) is -3.64.